The topological polar surface area (TPSA) is 161 Å². The molecule has 2 aromatic carbocycles. The van der Waals surface area contributed by atoms with Gasteiger partial charge in [-0.05, 0) is 24.3 Å². The van der Waals surface area contributed by atoms with Crippen molar-refractivity contribution in [2.75, 3.05) is 26.8 Å². The van der Waals surface area contributed by atoms with Crippen LogP contribution in [0.5, 0.6) is 0 Å². The standard InChI is InChI=1S/C30H33F2N7O6S/c1-16(41)37-13-23(38-11-21(33-35-38)17-5-3-7-19(31)9-17)27(42)25(14-37)46-30-29(44-2)26(28(43)24(15-40)45-30)39-12-22(34-36-39)18-6-4-8-20(32)10-18/h3-12,23-30,40,42-43H,13-15H2,1-2H3/t23-,24+,25+,26-,27+,28-,29+,30-/m0/s1. The van der Waals surface area contributed by atoms with Crippen molar-refractivity contribution in [2.24, 2.45) is 0 Å². The van der Waals surface area contributed by atoms with Gasteiger partial charge in [0.1, 0.15) is 52.8 Å². The highest BCUT2D eigenvalue weighted by Gasteiger charge is 2.50. The Bertz CT molecular complexity index is 1680. The Morgan fingerprint density at radius 3 is 2.15 bits per heavy atom. The molecule has 46 heavy (non-hydrogen) atoms. The van der Waals surface area contributed by atoms with Gasteiger partial charge >= 0.3 is 0 Å². The molecule has 2 aliphatic rings. The van der Waals surface area contributed by atoms with E-state index in [1.807, 2.05) is 0 Å². The third-order valence-corrected chi connectivity index (χ3v) is 9.77. The van der Waals surface area contributed by atoms with Gasteiger partial charge in [-0.2, -0.15) is 0 Å². The summed E-state index contributed by atoms with van der Waals surface area (Å²) in [6.07, 6.45) is -1.05. The van der Waals surface area contributed by atoms with E-state index in [4.69, 9.17) is 9.47 Å². The van der Waals surface area contributed by atoms with Crippen LogP contribution in [0.4, 0.5) is 8.78 Å². The summed E-state index contributed by atoms with van der Waals surface area (Å²) in [5.74, 6) is -1.08. The minimum Gasteiger partial charge on any atom is -0.394 e. The molecule has 6 rings (SSSR count). The number of benzene rings is 2. The van der Waals surface area contributed by atoms with E-state index < -0.39 is 65.4 Å². The van der Waals surface area contributed by atoms with Crippen molar-refractivity contribution in [3.05, 3.63) is 72.6 Å². The fourth-order valence-electron chi connectivity index (χ4n) is 5.92. The lowest BCUT2D eigenvalue weighted by Crippen LogP contribution is -2.58. The molecule has 4 aromatic rings. The molecule has 244 valence electrons. The van der Waals surface area contributed by atoms with Crippen molar-refractivity contribution < 1.29 is 38.4 Å². The number of amides is 1. The van der Waals surface area contributed by atoms with Gasteiger partial charge in [0.05, 0.1) is 36.4 Å². The number of carbonyl (C=O) groups excluding carboxylic acids is 1. The van der Waals surface area contributed by atoms with Crippen molar-refractivity contribution in [1.29, 1.82) is 0 Å². The molecular weight excluding hydrogens is 624 g/mol. The maximum atomic E-state index is 13.9. The number of nitrogens with zero attached hydrogens (tertiary/aromatic N) is 7. The fraction of sp³-hybridized carbons (Fsp3) is 0.433. The second kappa shape index (κ2) is 13.5. The third-order valence-electron chi connectivity index (χ3n) is 8.34. The summed E-state index contributed by atoms with van der Waals surface area (Å²) in [6.45, 7) is 1.23. The zero-order chi connectivity index (χ0) is 32.5. The van der Waals surface area contributed by atoms with E-state index in [0.29, 0.717) is 22.5 Å². The zero-order valence-electron chi connectivity index (χ0n) is 24.9. The van der Waals surface area contributed by atoms with Crippen molar-refractivity contribution in [1.82, 2.24) is 34.9 Å². The molecule has 0 aliphatic carbocycles. The van der Waals surface area contributed by atoms with Crippen LogP contribution in [-0.4, -0.2) is 118 Å². The number of piperidine rings is 1. The highest BCUT2D eigenvalue weighted by atomic mass is 32.2. The van der Waals surface area contributed by atoms with E-state index >= 15 is 0 Å². The van der Waals surface area contributed by atoms with Crippen LogP contribution < -0.4 is 0 Å². The quantitative estimate of drug-likeness (QED) is 0.253. The first-order chi connectivity index (χ1) is 22.2. The van der Waals surface area contributed by atoms with E-state index in [1.54, 1.807) is 41.6 Å². The van der Waals surface area contributed by atoms with Crippen LogP contribution in [0.15, 0.2) is 60.9 Å². The number of ether oxygens (including phenoxy) is 2. The molecule has 0 bridgehead atoms. The van der Waals surface area contributed by atoms with Crippen LogP contribution in [0.1, 0.15) is 19.0 Å². The van der Waals surface area contributed by atoms with Gasteiger partial charge < -0.3 is 29.7 Å². The highest BCUT2D eigenvalue weighted by molar-refractivity contribution is 8.00. The van der Waals surface area contributed by atoms with Crippen molar-refractivity contribution in [3.63, 3.8) is 0 Å². The number of aliphatic hydroxyl groups is 3. The van der Waals surface area contributed by atoms with Crippen LogP contribution in [0.2, 0.25) is 0 Å². The second-order valence-electron chi connectivity index (χ2n) is 11.3. The summed E-state index contributed by atoms with van der Waals surface area (Å²) in [4.78, 5) is 14.2. The number of hydrogen-bond donors (Lipinski definition) is 3. The Hall–Kier alpha value is -3.80. The van der Waals surface area contributed by atoms with Gasteiger partial charge in [-0.1, -0.05) is 34.7 Å². The van der Waals surface area contributed by atoms with Crippen LogP contribution >= 0.6 is 11.8 Å². The summed E-state index contributed by atoms with van der Waals surface area (Å²) < 4.78 is 42.5. The SMILES string of the molecule is CO[C@@H]1[C@@H](n2cc(-c3cccc(F)c3)nn2)[C@@H](O)[C@@H](CO)O[C@H]1S[C@@H]1CN(C(C)=O)C[C@H](n2cc(-c3cccc(F)c3)nn2)[C@H]1O. The smallest absolute Gasteiger partial charge is 0.219 e. The van der Waals surface area contributed by atoms with Crippen LogP contribution in [-0.2, 0) is 14.3 Å². The maximum absolute atomic E-state index is 13.9. The third kappa shape index (κ3) is 6.41. The van der Waals surface area contributed by atoms with Crippen LogP contribution in [0, 0.1) is 11.6 Å². The molecule has 0 radical (unpaired) electrons. The number of hydrogen-bond acceptors (Lipinski definition) is 11. The Morgan fingerprint density at radius 1 is 0.978 bits per heavy atom. The number of likely N-dealkylation sites (tertiary alicyclic amines) is 1. The number of aliphatic hydroxyl groups excluding tert-OH is 3. The average molecular weight is 658 g/mol. The minimum atomic E-state index is -1.26. The normalized spacial score (nSPS) is 28.4. The minimum absolute atomic E-state index is 0.154. The van der Waals surface area contributed by atoms with Gasteiger partial charge in [0, 0.05) is 38.2 Å². The molecule has 16 heteroatoms. The molecule has 2 aliphatic heterocycles. The van der Waals surface area contributed by atoms with Crippen molar-refractivity contribution >= 4 is 17.7 Å². The van der Waals surface area contributed by atoms with E-state index in [-0.39, 0.29) is 19.0 Å². The van der Waals surface area contributed by atoms with Gasteiger partial charge in [0.15, 0.2) is 0 Å². The van der Waals surface area contributed by atoms with Gasteiger partial charge in [0.25, 0.3) is 0 Å². The van der Waals surface area contributed by atoms with E-state index in [2.05, 4.69) is 20.6 Å². The van der Waals surface area contributed by atoms with Crippen molar-refractivity contribution in [2.45, 2.75) is 54.1 Å². The summed E-state index contributed by atoms with van der Waals surface area (Å²) >= 11 is 1.20. The zero-order valence-corrected chi connectivity index (χ0v) is 25.7. The summed E-state index contributed by atoms with van der Waals surface area (Å²) in [7, 11) is 1.44. The van der Waals surface area contributed by atoms with Gasteiger partial charge in [-0.3, -0.25) is 4.79 Å². The molecule has 3 N–H and O–H groups in total. The number of halogens is 2. The van der Waals surface area contributed by atoms with Crippen LogP contribution in [0.25, 0.3) is 22.5 Å². The Labute approximate surface area is 266 Å². The molecular formula is C30H33F2N7O6S. The number of aromatic nitrogens is 6. The molecule has 0 saturated carbocycles. The van der Waals surface area contributed by atoms with Gasteiger partial charge in [-0.25, -0.2) is 18.1 Å². The monoisotopic (exact) mass is 657 g/mol. The molecule has 1 amide bonds. The number of methoxy groups -OCH3 is 1. The Balaban J connectivity index is 1.27. The highest BCUT2D eigenvalue weighted by Crippen LogP contribution is 2.41. The lowest BCUT2D eigenvalue weighted by molar-refractivity contribution is -0.186. The van der Waals surface area contributed by atoms with Gasteiger partial charge in [-0.15, -0.1) is 22.0 Å². The lowest BCUT2D eigenvalue weighted by Gasteiger charge is -2.46. The molecule has 8 atom stereocenters. The Morgan fingerprint density at radius 2 is 1.59 bits per heavy atom. The van der Waals surface area contributed by atoms with Crippen LogP contribution in [0.3, 0.4) is 0 Å². The first kappa shape index (κ1) is 32.2. The first-order valence-corrected chi connectivity index (χ1v) is 15.5. The molecule has 13 nitrogen and oxygen atoms in total. The molecule has 0 unspecified atom stereocenters. The number of rotatable bonds is 8. The van der Waals surface area contributed by atoms with Gasteiger partial charge in [0.2, 0.25) is 5.91 Å². The lowest BCUT2D eigenvalue weighted by atomic mass is 9.97. The number of carbonyl (C=O) groups is 1. The molecule has 2 aromatic heterocycles. The van der Waals surface area contributed by atoms with E-state index in [1.165, 1.54) is 59.4 Å². The average Bonchev–Trinajstić information content (AvgIpc) is 3.73. The van der Waals surface area contributed by atoms with E-state index in [9.17, 15) is 28.9 Å². The summed E-state index contributed by atoms with van der Waals surface area (Å²) in [6, 6.07) is 10.2. The summed E-state index contributed by atoms with van der Waals surface area (Å²) in [5.41, 5.74) is 0.923. The van der Waals surface area contributed by atoms with Crippen molar-refractivity contribution in [3.8, 4) is 22.5 Å². The van der Waals surface area contributed by atoms with E-state index in [0.717, 1.165) is 0 Å². The number of thioether (sulfide) groups is 1. The summed E-state index contributed by atoms with van der Waals surface area (Å²) in [5, 5.41) is 49.1. The first-order valence-electron chi connectivity index (χ1n) is 14.6. The maximum Gasteiger partial charge on any atom is 0.219 e. The molecule has 4 heterocycles. The predicted octanol–water partition coefficient (Wildman–Crippen LogP) is 1.68. The second-order valence-corrected chi connectivity index (χ2v) is 12.6. The molecule has 2 fully saturated rings. The molecule has 2 saturated heterocycles. The Kier molecular flexibility index (Phi) is 9.44. The fourth-order valence-corrected chi connectivity index (χ4v) is 7.51. The molecule has 0 spiro atoms. The largest absolute Gasteiger partial charge is 0.394 e. The predicted molar refractivity (Wildman–Crippen MR) is 161 cm³/mol.